The molecule has 1 atom stereocenters. The van der Waals surface area contributed by atoms with Crippen molar-refractivity contribution in [3.63, 3.8) is 0 Å². The van der Waals surface area contributed by atoms with Crippen LogP contribution < -0.4 is 10.6 Å². The molecule has 136 valence electrons. The summed E-state index contributed by atoms with van der Waals surface area (Å²) in [6.45, 7) is 3.45. The van der Waals surface area contributed by atoms with E-state index in [2.05, 4.69) is 10.6 Å². The number of urea groups is 1. The number of nitrogens with one attached hydrogen (secondary N) is 2. The van der Waals surface area contributed by atoms with Crippen LogP contribution in [-0.2, 0) is 9.47 Å². The largest absolute Gasteiger partial charge is 0.376 e. The fourth-order valence-corrected chi connectivity index (χ4v) is 3.05. The number of hydrogen-bond donors (Lipinski definition) is 2. The van der Waals surface area contributed by atoms with Crippen molar-refractivity contribution in [1.29, 1.82) is 0 Å². The second-order valence-electron chi connectivity index (χ2n) is 6.10. The lowest BCUT2D eigenvalue weighted by molar-refractivity contribution is -0.0852. The number of likely N-dealkylation sites (tertiary alicyclic amines) is 1. The quantitative estimate of drug-likeness (QED) is 0.854. The molecule has 7 nitrogen and oxygen atoms in total. The molecule has 0 bridgehead atoms. The van der Waals surface area contributed by atoms with Crippen LogP contribution in [0.4, 0.5) is 10.5 Å². The summed E-state index contributed by atoms with van der Waals surface area (Å²) in [4.78, 5) is 26.3. The molecule has 25 heavy (non-hydrogen) atoms. The second kappa shape index (κ2) is 8.51. The molecule has 0 aromatic heterocycles. The van der Waals surface area contributed by atoms with Gasteiger partial charge in [-0.1, -0.05) is 11.6 Å². The van der Waals surface area contributed by atoms with E-state index in [1.54, 1.807) is 18.2 Å². The van der Waals surface area contributed by atoms with E-state index >= 15 is 0 Å². The SMILES string of the molecule is O=C(NC[C@H]1COCCO1)Nc1cc(C(=O)N2CCCC2)ccc1Cl. The maximum atomic E-state index is 12.5. The first kappa shape index (κ1) is 18.0. The zero-order chi connectivity index (χ0) is 17.6. The van der Waals surface area contributed by atoms with Gasteiger partial charge in [-0.2, -0.15) is 0 Å². The third-order valence-corrected chi connectivity index (χ3v) is 4.56. The zero-order valence-corrected chi connectivity index (χ0v) is 14.7. The van der Waals surface area contributed by atoms with Gasteiger partial charge in [-0.3, -0.25) is 4.79 Å². The molecule has 8 heteroatoms. The summed E-state index contributed by atoms with van der Waals surface area (Å²) < 4.78 is 10.7. The van der Waals surface area contributed by atoms with Crippen LogP contribution >= 0.6 is 11.6 Å². The summed E-state index contributed by atoms with van der Waals surface area (Å²) in [5, 5.41) is 5.79. The van der Waals surface area contributed by atoms with Crippen LogP contribution in [0.15, 0.2) is 18.2 Å². The molecule has 2 aliphatic heterocycles. The molecule has 1 aromatic carbocycles. The lowest BCUT2D eigenvalue weighted by atomic mass is 10.1. The molecule has 2 aliphatic rings. The number of halogens is 1. The number of carbonyl (C=O) groups is 2. The van der Waals surface area contributed by atoms with E-state index in [1.165, 1.54) is 0 Å². The van der Waals surface area contributed by atoms with Crippen LogP contribution in [-0.4, -0.2) is 62.4 Å². The monoisotopic (exact) mass is 367 g/mol. The van der Waals surface area contributed by atoms with Crippen molar-refractivity contribution in [2.24, 2.45) is 0 Å². The van der Waals surface area contributed by atoms with Crippen molar-refractivity contribution in [1.82, 2.24) is 10.2 Å². The summed E-state index contributed by atoms with van der Waals surface area (Å²) in [5.41, 5.74) is 0.927. The molecule has 0 unspecified atom stereocenters. The van der Waals surface area contributed by atoms with E-state index in [4.69, 9.17) is 21.1 Å². The molecule has 2 N–H and O–H groups in total. The standard InChI is InChI=1S/C17H22ClN3O4/c18-14-4-3-12(16(22)21-5-1-2-6-21)9-15(14)20-17(23)19-10-13-11-24-7-8-25-13/h3-4,9,13H,1-2,5-8,10-11H2,(H2,19,20,23)/t13-/m0/s1. The number of anilines is 1. The first-order valence-corrected chi connectivity index (χ1v) is 8.84. The number of nitrogens with zero attached hydrogens (tertiary/aromatic N) is 1. The number of carbonyl (C=O) groups excluding carboxylic acids is 2. The summed E-state index contributed by atoms with van der Waals surface area (Å²) in [6.07, 6.45) is 1.90. The highest BCUT2D eigenvalue weighted by atomic mass is 35.5. The summed E-state index contributed by atoms with van der Waals surface area (Å²) in [7, 11) is 0. The van der Waals surface area contributed by atoms with Gasteiger partial charge in [0.25, 0.3) is 5.91 Å². The molecular formula is C17H22ClN3O4. The van der Waals surface area contributed by atoms with E-state index in [-0.39, 0.29) is 12.0 Å². The van der Waals surface area contributed by atoms with Gasteiger partial charge in [-0.15, -0.1) is 0 Å². The smallest absolute Gasteiger partial charge is 0.319 e. The maximum absolute atomic E-state index is 12.5. The topological polar surface area (TPSA) is 79.9 Å². The van der Waals surface area contributed by atoms with Crippen molar-refractivity contribution in [3.8, 4) is 0 Å². The third-order valence-electron chi connectivity index (χ3n) is 4.23. The van der Waals surface area contributed by atoms with E-state index in [0.29, 0.717) is 42.6 Å². The Kier molecular flexibility index (Phi) is 6.12. The Morgan fingerprint density at radius 3 is 2.76 bits per heavy atom. The van der Waals surface area contributed by atoms with Gasteiger partial charge in [-0.05, 0) is 31.0 Å². The normalized spacial score (nSPS) is 20.4. The van der Waals surface area contributed by atoms with Crippen molar-refractivity contribution >= 4 is 29.2 Å². The van der Waals surface area contributed by atoms with Crippen molar-refractivity contribution < 1.29 is 19.1 Å². The summed E-state index contributed by atoms with van der Waals surface area (Å²) >= 11 is 6.14. The summed E-state index contributed by atoms with van der Waals surface area (Å²) in [5.74, 6) is -0.0367. The molecule has 0 spiro atoms. The molecule has 1 aromatic rings. The number of ether oxygens (including phenoxy) is 2. The number of amides is 3. The van der Waals surface area contributed by atoms with Gasteiger partial charge in [0, 0.05) is 25.2 Å². The number of rotatable bonds is 4. The van der Waals surface area contributed by atoms with Crippen LogP contribution in [0.5, 0.6) is 0 Å². The van der Waals surface area contributed by atoms with Crippen molar-refractivity contribution in [2.75, 3.05) is 44.8 Å². The molecule has 0 saturated carbocycles. The predicted molar refractivity (Wildman–Crippen MR) is 94.2 cm³/mol. The van der Waals surface area contributed by atoms with Gasteiger partial charge >= 0.3 is 6.03 Å². The molecule has 0 radical (unpaired) electrons. The van der Waals surface area contributed by atoms with Gasteiger partial charge in [0.15, 0.2) is 0 Å². The van der Waals surface area contributed by atoms with E-state index in [1.807, 2.05) is 4.90 Å². The first-order valence-electron chi connectivity index (χ1n) is 8.46. The Morgan fingerprint density at radius 1 is 1.24 bits per heavy atom. The highest BCUT2D eigenvalue weighted by Gasteiger charge is 2.21. The van der Waals surface area contributed by atoms with E-state index in [0.717, 1.165) is 25.9 Å². The molecule has 0 aliphatic carbocycles. The Morgan fingerprint density at radius 2 is 2.04 bits per heavy atom. The number of hydrogen-bond acceptors (Lipinski definition) is 4. The molecule has 3 amide bonds. The van der Waals surface area contributed by atoms with Crippen LogP contribution in [0, 0.1) is 0 Å². The van der Waals surface area contributed by atoms with Gasteiger partial charge in [0.1, 0.15) is 0 Å². The van der Waals surface area contributed by atoms with Crippen LogP contribution in [0.2, 0.25) is 5.02 Å². The van der Waals surface area contributed by atoms with Gasteiger partial charge in [-0.25, -0.2) is 4.79 Å². The minimum Gasteiger partial charge on any atom is -0.376 e. The highest BCUT2D eigenvalue weighted by Crippen LogP contribution is 2.24. The Balaban J connectivity index is 1.58. The van der Waals surface area contributed by atoms with Gasteiger partial charge < -0.3 is 25.0 Å². The number of benzene rings is 1. The molecule has 2 heterocycles. The second-order valence-corrected chi connectivity index (χ2v) is 6.50. The Bertz CT molecular complexity index is 628. The minimum absolute atomic E-state index is 0.0367. The van der Waals surface area contributed by atoms with E-state index in [9.17, 15) is 9.59 Å². The van der Waals surface area contributed by atoms with Crippen LogP contribution in [0.3, 0.4) is 0 Å². The van der Waals surface area contributed by atoms with Crippen molar-refractivity contribution in [3.05, 3.63) is 28.8 Å². The zero-order valence-electron chi connectivity index (χ0n) is 13.9. The van der Waals surface area contributed by atoms with E-state index < -0.39 is 6.03 Å². The lowest BCUT2D eigenvalue weighted by Gasteiger charge is -2.23. The lowest BCUT2D eigenvalue weighted by Crippen LogP contribution is -2.41. The van der Waals surface area contributed by atoms with Crippen LogP contribution in [0.1, 0.15) is 23.2 Å². The average Bonchev–Trinajstić information content (AvgIpc) is 3.17. The highest BCUT2D eigenvalue weighted by molar-refractivity contribution is 6.33. The Hall–Kier alpha value is -1.83. The third kappa shape index (κ3) is 4.84. The first-order chi connectivity index (χ1) is 12.1. The van der Waals surface area contributed by atoms with Crippen LogP contribution in [0.25, 0.3) is 0 Å². The van der Waals surface area contributed by atoms with Crippen molar-refractivity contribution in [2.45, 2.75) is 18.9 Å². The summed E-state index contributed by atoms with van der Waals surface area (Å²) in [6, 6.07) is 4.52. The van der Waals surface area contributed by atoms with Gasteiger partial charge in [0.2, 0.25) is 0 Å². The average molecular weight is 368 g/mol. The Labute approximate surface area is 151 Å². The fourth-order valence-electron chi connectivity index (χ4n) is 2.88. The minimum atomic E-state index is -0.401. The molecular weight excluding hydrogens is 346 g/mol. The fraction of sp³-hybridized carbons (Fsp3) is 0.529. The maximum Gasteiger partial charge on any atom is 0.319 e. The molecule has 2 fully saturated rings. The van der Waals surface area contributed by atoms with Gasteiger partial charge in [0.05, 0.1) is 36.6 Å². The molecule has 2 saturated heterocycles. The predicted octanol–water partition coefficient (Wildman–Crippen LogP) is 2.11. The molecule has 3 rings (SSSR count).